The van der Waals surface area contributed by atoms with Gasteiger partial charge in [0.2, 0.25) is 11.8 Å². The smallest absolute Gasteiger partial charge is 0.258 e. The van der Waals surface area contributed by atoms with Gasteiger partial charge >= 0.3 is 0 Å². The van der Waals surface area contributed by atoms with Gasteiger partial charge < -0.3 is 20.7 Å². The Morgan fingerprint density at radius 2 is 1.82 bits per heavy atom. The number of carbonyl (C=O) groups excluding carboxylic acids is 3. The number of nitrogens with one attached hydrogen (secondary N) is 3. The van der Waals surface area contributed by atoms with Crippen molar-refractivity contribution in [1.29, 1.82) is 0 Å². The molecule has 3 N–H and O–H groups in total. The quantitative estimate of drug-likeness (QED) is 0.689. The van der Waals surface area contributed by atoms with E-state index in [0.717, 1.165) is 0 Å². The zero-order valence-corrected chi connectivity index (χ0v) is 12.9. The lowest BCUT2D eigenvalue weighted by atomic mass is 10.3. The molecule has 0 saturated heterocycles. The van der Waals surface area contributed by atoms with Gasteiger partial charge in [0, 0.05) is 13.0 Å². The fourth-order valence-corrected chi connectivity index (χ4v) is 1.63. The van der Waals surface area contributed by atoms with Crippen LogP contribution in [0.3, 0.4) is 0 Å². The Bertz CT molecular complexity index is 543. The third kappa shape index (κ3) is 6.74. The minimum atomic E-state index is -0.420. The number of ether oxygens (including phenoxy) is 1. The average molecular weight is 307 g/mol. The van der Waals surface area contributed by atoms with E-state index in [-0.39, 0.29) is 31.0 Å². The van der Waals surface area contributed by atoms with Gasteiger partial charge in [-0.2, -0.15) is 0 Å². The van der Waals surface area contributed by atoms with E-state index < -0.39 is 5.91 Å². The van der Waals surface area contributed by atoms with E-state index in [1.807, 2.05) is 13.8 Å². The van der Waals surface area contributed by atoms with Gasteiger partial charge in [0.15, 0.2) is 6.61 Å². The summed E-state index contributed by atoms with van der Waals surface area (Å²) in [6.45, 7) is 4.71. The number of para-hydroxylation sites is 2. The second-order valence-electron chi connectivity index (χ2n) is 4.96. The van der Waals surface area contributed by atoms with Crippen molar-refractivity contribution in [2.24, 2.45) is 0 Å². The topological polar surface area (TPSA) is 96.5 Å². The molecule has 0 aliphatic rings. The highest BCUT2D eigenvalue weighted by molar-refractivity contribution is 5.90. The van der Waals surface area contributed by atoms with Crippen molar-refractivity contribution in [3.05, 3.63) is 24.3 Å². The third-order valence-corrected chi connectivity index (χ3v) is 2.45. The van der Waals surface area contributed by atoms with Crippen LogP contribution in [0.1, 0.15) is 20.8 Å². The van der Waals surface area contributed by atoms with Crippen LogP contribution in [0, 0.1) is 0 Å². The van der Waals surface area contributed by atoms with Gasteiger partial charge in [0.25, 0.3) is 5.91 Å². The van der Waals surface area contributed by atoms with Crippen LogP contribution in [0.2, 0.25) is 0 Å². The minimum absolute atomic E-state index is 0.0187. The number of amides is 3. The third-order valence-electron chi connectivity index (χ3n) is 2.45. The molecule has 0 aromatic heterocycles. The maximum absolute atomic E-state index is 11.6. The van der Waals surface area contributed by atoms with Crippen LogP contribution in [0.15, 0.2) is 24.3 Å². The number of carbonyl (C=O) groups is 3. The minimum Gasteiger partial charge on any atom is -0.482 e. The molecule has 0 bridgehead atoms. The Morgan fingerprint density at radius 3 is 2.45 bits per heavy atom. The van der Waals surface area contributed by atoms with Crippen LogP contribution in [0.25, 0.3) is 0 Å². The molecular formula is C15H21N3O4. The van der Waals surface area contributed by atoms with E-state index >= 15 is 0 Å². The van der Waals surface area contributed by atoms with Crippen molar-refractivity contribution in [1.82, 2.24) is 10.6 Å². The molecule has 0 heterocycles. The van der Waals surface area contributed by atoms with E-state index in [1.165, 1.54) is 6.92 Å². The summed E-state index contributed by atoms with van der Waals surface area (Å²) in [4.78, 5) is 34.1. The normalized spacial score (nSPS) is 10.0. The first kappa shape index (κ1) is 17.5. The second-order valence-corrected chi connectivity index (χ2v) is 4.96. The molecule has 0 aliphatic carbocycles. The van der Waals surface area contributed by atoms with Gasteiger partial charge in [-0.15, -0.1) is 0 Å². The Labute approximate surface area is 129 Å². The Kier molecular flexibility index (Phi) is 6.88. The molecule has 0 aliphatic heterocycles. The molecule has 120 valence electrons. The van der Waals surface area contributed by atoms with E-state index in [9.17, 15) is 14.4 Å². The van der Waals surface area contributed by atoms with Crippen LogP contribution in [0.5, 0.6) is 5.75 Å². The van der Waals surface area contributed by atoms with Gasteiger partial charge in [-0.05, 0) is 26.0 Å². The molecule has 3 amide bonds. The van der Waals surface area contributed by atoms with Crippen LogP contribution in [0.4, 0.5) is 5.69 Å². The summed E-state index contributed by atoms with van der Waals surface area (Å²) in [7, 11) is 0. The summed E-state index contributed by atoms with van der Waals surface area (Å²) in [5.41, 5.74) is 0.486. The van der Waals surface area contributed by atoms with Crippen LogP contribution in [-0.2, 0) is 14.4 Å². The number of hydrogen-bond acceptors (Lipinski definition) is 4. The first-order valence-electron chi connectivity index (χ1n) is 6.94. The molecule has 0 unspecified atom stereocenters. The van der Waals surface area contributed by atoms with Crippen molar-refractivity contribution >= 4 is 23.4 Å². The number of anilines is 1. The van der Waals surface area contributed by atoms with Crippen LogP contribution >= 0.6 is 0 Å². The van der Waals surface area contributed by atoms with E-state index in [4.69, 9.17) is 4.74 Å². The van der Waals surface area contributed by atoms with Gasteiger partial charge in [-0.3, -0.25) is 14.4 Å². The van der Waals surface area contributed by atoms with Crippen LogP contribution in [-0.4, -0.2) is 36.9 Å². The summed E-state index contributed by atoms with van der Waals surface area (Å²) >= 11 is 0. The summed E-state index contributed by atoms with van der Waals surface area (Å²) in [5, 5.41) is 7.72. The van der Waals surface area contributed by atoms with Gasteiger partial charge in [0.1, 0.15) is 5.75 Å². The Hall–Kier alpha value is -2.57. The first-order valence-corrected chi connectivity index (χ1v) is 6.94. The molecule has 1 rings (SSSR count). The molecule has 0 saturated carbocycles. The van der Waals surface area contributed by atoms with E-state index in [0.29, 0.717) is 11.4 Å². The molecule has 0 spiro atoms. The first-order chi connectivity index (χ1) is 10.4. The summed E-state index contributed by atoms with van der Waals surface area (Å²) in [5.74, 6) is -0.524. The highest BCUT2D eigenvalue weighted by Gasteiger charge is 2.09. The monoisotopic (exact) mass is 307 g/mol. The highest BCUT2D eigenvalue weighted by Crippen LogP contribution is 2.23. The summed E-state index contributed by atoms with van der Waals surface area (Å²) in [6.07, 6.45) is 0. The van der Waals surface area contributed by atoms with E-state index in [2.05, 4.69) is 16.0 Å². The predicted octanol–water partition coefficient (Wildman–Crippen LogP) is 0.665. The van der Waals surface area contributed by atoms with Crippen molar-refractivity contribution < 1.29 is 19.1 Å². The molecule has 1 aromatic rings. The zero-order chi connectivity index (χ0) is 16.5. The number of benzene rings is 1. The molecule has 0 atom stereocenters. The molecule has 7 nitrogen and oxygen atoms in total. The highest BCUT2D eigenvalue weighted by atomic mass is 16.5. The summed E-state index contributed by atoms with van der Waals surface area (Å²) in [6, 6.07) is 6.81. The number of hydrogen-bond donors (Lipinski definition) is 3. The van der Waals surface area contributed by atoms with Gasteiger partial charge in [-0.1, -0.05) is 12.1 Å². The maximum Gasteiger partial charge on any atom is 0.258 e. The molecule has 22 heavy (non-hydrogen) atoms. The van der Waals surface area contributed by atoms with Crippen molar-refractivity contribution in [2.45, 2.75) is 26.8 Å². The van der Waals surface area contributed by atoms with Crippen LogP contribution < -0.4 is 20.7 Å². The lowest BCUT2D eigenvalue weighted by molar-refractivity contribution is -0.127. The van der Waals surface area contributed by atoms with Gasteiger partial charge in [-0.25, -0.2) is 0 Å². The average Bonchev–Trinajstić information content (AvgIpc) is 2.43. The summed E-state index contributed by atoms with van der Waals surface area (Å²) < 4.78 is 5.35. The van der Waals surface area contributed by atoms with Gasteiger partial charge in [0.05, 0.1) is 12.2 Å². The lowest BCUT2D eigenvalue weighted by Crippen LogP contribution is -2.41. The SMILES string of the molecule is CC(=O)Nc1ccccc1OCC(=O)NCC(=O)NC(C)C. The standard InChI is InChI=1S/C15H21N3O4/c1-10(2)17-14(20)8-16-15(21)9-22-13-7-5-4-6-12(13)18-11(3)19/h4-7,10H,8-9H2,1-3H3,(H,16,21)(H,17,20)(H,18,19). The molecular weight excluding hydrogens is 286 g/mol. The predicted molar refractivity (Wildman–Crippen MR) is 82.5 cm³/mol. The molecule has 0 fully saturated rings. The van der Waals surface area contributed by atoms with Crippen molar-refractivity contribution in [2.75, 3.05) is 18.5 Å². The lowest BCUT2D eigenvalue weighted by Gasteiger charge is -2.12. The zero-order valence-electron chi connectivity index (χ0n) is 12.9. The van der Waals surface area contributed by atoms with E-state index in [1.54, 1.807) is 24.3 Å². The second kappa shape index (κ2) is 8.66. The Balaban J connectivity index is 2.44. The largest absolute Gasteiger partial charge is 0.482 e. The Morgan fingerprint density at radius 1 is 1.14 bits per heavy atom. The molecule has 0 radical (unpaired) electrons. The van der Waals surface area contributed by atoms with Crippen molar-refractivity contribution in [3.8, 4) is 5.75 Å². The fourth-order valence-electron chi connectivity index (χ4n) is 1.63. The maximum atomic E-state index is 11.6. The molecule has 1 aromatic carbocycles. The number of rotatable bonds is 7. The molecule has 7 heteroatoms. The van der Waals surface area contributed by atoms with Crippen molar-refractivity contribution in [3.63, 3.8) is 0 Å². The fraction of sp³-hybridized carbons (Fsp3) is 0.400.